The molecule has 6 nitrogen and oxygen atoms in total. The zero-order valence-corrected chi connectivity index (χ0v) is 20.1. The molecule has 2 aromatic heterocycles. The zero-order valence-electron chi connectivity index (χ0n) is 20.1. The lowest BCUT2D eigenvalue weighted by Gasteiger charge is -2.29. The van der Waals surface area contributed by atoms with Gasteiger partial charge in [-0.25, -0.2) is 0 Å². The van der Waals surface area contributed by atoms with E-state index in [1.54, 1.807) is 0 Å². The molecular formula is C27H36N4O2. The van der Waals surface area contributed by atoms with Crippen LogP contribution in [0.4, 0.5) is 0 Å². The predicted octanol–water partition coefficient (Wildman–Crippen LogP) is 4.99. The second-order valence-electron chi connectivity index (χ2n) is 10.3. The van der Waals surface area contributed by atoms with Crippen LogP contribution in [0.1, 0.15) is 74.6 Å². The molecule has 2 unspecified atom stereocenters. The summed E-state index contributed by atoms with van der Waals surface area (Å²) in [6.45, 7) is 8.90. The lowest BCUT2D eigenvalue weighted by molar-refractivity contribution is -0.133. The SMILES string of the molecule is Cc1cc(Cn2cc3c4c(cccc42)C(CC(C)C)NC(C(=O)N2CCCCCC2)C3)no1. The van der Waals surface area contributed by atoms with Gasteiger partial charge < -0.3 is 14.0 Å². The third kappa shape index (κ3) is 4.58. The molecule has 1 aromatic carbocycles. The van der Waals surface area contributed by atoms with Gasteiger partial charge in [0.1, 0.15) is 11.5 Å². The number of nitrogens with zero attached hydrogens (tertiary/aromatic N) is 3. The summed E-state index contributed by atoms with van der Waals surface area (Å²) < 4.78 is 7.58. The number of hydrogen-bond donors (Lipinski definition) is 1. The fourth-order valence-corrected chi connectivity index (χ4v) is 5.66. The van der Waals surface area contributed by atoms with Gasteiger partial charge in [0.15, 0.2) is 0 Å². The maximum atomic E-state index is 13.7. The summed E-state index contributed by atoms with van der Waals surface area (Å²) in [6, 6.07) is 8.57. The van der Waals surface area contributed by atoms with Crippen LogP contribution in [0.3, 0.4) is 0 Å². The van der Waals surface area contributed by atoms with Gasteiger partial charge in [-0.05, 0) is 55.7 Å². The number of aryl methyl sites for hydroxylation is 1. The van der Waals surface area contributed by atoms with Crippen LogP contribution >= 0.6 is 0 Å². The molecule has 176 valence electrons. The number of rotatable bonds is 5. The third-order valence-corrected chi connectivity index (χ3v) is 7.15. The van der Waals surface area contributed by atoms with Crippen molar-refractivity contribution in [2.45, 2.75) is 77.9 Å². The molecule has 1 saturated heterocycles. The van der Waals surface area contributed by atoms with Crippen molar-refractivity contribution < 1.29 is 9.32 Å². The molecule has 0 saturated carbocycles. The minimum absolute atomic E-state index is 0.168. The lowest BCUT2D eigenvalue weighted by atomic mass is 9.94. The van der Waals surface area contributed by atoms with Crippen molar-refractivity contribution in [2.75, 3.05) is 13.1 Å². The quantitative estimate of drug-likeness (QED) is 0.597. The summed E-state index contributed by atoms with van der Waals surface area (Å²) in [6.07, 6.45) is 8.67. The van der Waals surface area contributed by atoms with Crippen LogP contribution in [0.5, 0.6) is 0 Å². The Labute approximate surface area is 196 Å². The molecule has 1 fully saturated rings. The smallest absolute Gasteiger partial charge is 0.240 e. The second kappa shape index (κ2) is 9.34. The first-order chi connectivity index (χ1) is 16.0. The first kappa shape index (κ1) is 22.2. The zero-order chi connectivity index (χ0) is 22.9. The molecule has 2 atom stereocenters. The fraction of sp³-hybridized carbons (Fsp3) is 0.556. The molecular weight excluding hydrogens is 412 g/mol. The van der Waals surface area contributed by atoms with Crippen LogP contribution in [0, 0.1) is 12.8 Å². The molecule has 5 rings (SSSR count). The molecule has 0 spiro atoms. The van der Waals surface area contributed by atoms with Gasteiger partial charge in [0.25, 0.3) is 0 Å². The van der Waals surface area contributed by atoms with E-state index in [9.17, 15) is 4.79 Å². The summed E-state index contributed by atoms with van der Waals surface area (Å²) in [5.74, 6) is 1.63. The summed E-state index contributed by atoms with van der Waals surface area (Å²) in [7, 11) is 0. The van der Waals surface area contributed by atoms with E-state index in [0.29, 0.717) is 12.5 Å². The van der Waals surface area contributed by atoms with E-state index >= 15 is 0 Å². The van der Waals surface area contributed by atoms with E-state index in [0.717, 1.165) is 50.2 Å². The molecule has 1 amide bonds. The number of amides is 1. The highest BCUT2D eigenvalue weighted by atomic mass is 16.5. The number of carbonyl (C=O) groups excluding carboxylic acids is 1. The lowest BCUT2D eigenvalue weighted by Crippen LogP contribution is -2.48. The maximum Gasteiger partial charge on any atom is 0.240 e. The van der Waals surface area contributed by atoms with Crippen molar-refractivity contribution in [3.8, 4) is 0 Å². The Kier molecular flexibility index (Phi) is 6.28. The monoisotopic (exact) mass is 448 g/mol. The average molecular weight is 449 g/mol. The van der Waals surface area contributed by atoms with Gasteiger partial charge in [-0.2, -0.15) is 0 Å². The summed E-state index contributed by atoms with van der Waals surface area (Å²) in [5.41, 5.74) is 4.71. The Bertz CT molecular complexity index is 1120. The largest absolute Gasteiger partial charge is 0.361 e. The number of hydrogen-bond acceptors (Lipinski definition) is 4. The van der Waals surface area contributed by atoms with Crippen LogP contribution in [-0.2, 0) is 17.8 Å². The summed E-state index contributed by atoms with van der Waals surface area (Å²) in [4.78, 5) is 15.8. The number of carbonyl (C=O) groups is 1. The van der Waals surface area contributed by atoms with Crippen molar-refractivity contribution in [3.05, 3.63) is 53.0 Å². The summed E-state index contributed by atoms with van der Waals surface area (Å²) >= 11 is 0. The van der Waals surface area contributed by atoms with Gasteiger partial charge in [0.2, 0.25) is 5.91 Å². The number of likely N-dealkylation sites (tertiary alicyclic amines) is 1. The Morgan fingerprint density at radius 2 is 2.00 bits per heavy atom. The number of benzene rings is 1. The van der Waals surface area contributed by atoms with Crippen LogP contribution in [0.15, 0.2) is 35.0 Å². The topological polar surface area (TPSA) is 63.3 Å². The highest BCUT2D eigenvalue weighted by Crippen LogP contribution is 2.36. The van der Waals surface area contributed by atoms with Crippen molar-refractivity contribution in [1.29, 1.82) is 0 Å². The van der Waals surface area contributed by atoms with E-state index in [-0.39, 0.29) is 18.0 Å². The highest BCUT2D eigenvalue weighted by Gasteiger charge is 2.33. The maximum absolute atomic E-state index is 13.7. The van der Waals surface area contributed by atoms with Gasteiger partial charge in [0.05, 0.1) is 12.6 Å². The Morgan fingerprint density at radius 1 is 1.21 bits per heavy atom. The molecule has 1 N–H and O–H groups in total. The van der Waals surface area contributed by atoms with Crippen LogP contribution in [0.25, 0.3) is 10.9 Å². The van der Waals surface area contributed by atoms with Gasteiger partial charge >= 0.3 is 0 Å². The highest BCUT2D eigenvalue weighted by molar-refractivity contribution is 5.90. The standard InChI is InChI=1S/C27H36N4O2/c1-18(2)13-23-22-9-8-10-25-26(22)20(16-31(25)17-21-14-19(3)33-29-21)15-24(28-23)27(32)30-11-6-4-5-7-12-30/h8-10,14,16,18,23-24,28H,4-7,11-13,15,17H2,1-3H3. The second-order valence-corrected chi connectivity index (χ2v) is 10.3. The molecule has 33 heavy (non-hydrogen) atoms. The van der Waals surface area contributed by atoms with Crippen LogP contribution < -0.4 is 5.32 Å². The molecule has 2 aliphatic rings. The van der Waals surface area contributed by atoms with E-state index in [1.807, 2.05) is 13.0 Å². The molecule has 0 bridgehead atoms. The molecule has 0 aliphatic carbocycles. The number of nitrogens with one attached hydrogen (secondary N) is 1. The molecule has 0 radical (unpaired) electrons. The fourth-order valence-electron chi connectivity index (χ4n) is 5.66. The van der Waals surface area contributed by atoms with Crippen LogP contribution in [-0.4, -0.2) is 39.7 Å². The van der Waals surface area contributed by atoms with Crippen molar-refractivity contribution in [3.63, 3.8) is 0 Å². The van der Waals surface area contributed by atoms with Gasteiger partial charge in [-0.1, -0.05) is 44.0 Å². The van der Waals surface area contributed by atoms with Crippen molar-refractivity contribution in [2.24, 2.45) is 5.92 Å². The van der Waals surface area contributed by atoms with E-state index in [1.165, 1.54) is 34.9 Å². The molecule has 4 heterocycles. The van der Waals surface area contributed by atoms with Gasteiger partial charge in [-0.3, -0.25) is 10.1 Å². The Balaban J connectivity index is 1.53. The minimum atomic E-state index is -0.187. The van der Waals surface area contributed by atoms with Crippen LogP contribution in [0.2, 0.25) is 0 Å². The van der Waals surface area contributed by atoms with E-state index in [2.05, 4.69) is 58.2 Å². The van der Waals surface area contributed by atoms with Gasteiger partial charge in [-0.15, -0.1) is 0 Å². The molecule has 2 aliphatic heterocycles. The van der Waals surface area contributed by atoms with Gasteiger partial charge in [0, 0.05) is 42.3 Å². The third-order valence-electron chi connectivity index (χ3n) is 7.15. The molecule has 3 aromatic rings. The Morgan fingerprint density at radius 3 is 2.70 bits per heavy atom. The van der Waals surface area contributed by atoms with E-state index in [4.69, 9.17) is 4.52 Å². The first-order valence-electron chi connectivity index (χ1n) is 12.6. The van der Waals surface area contributed by atoms with E-state index < -0.39 is 0 Å². The Hall–Kier alpha value is -2.60. The predicted molar refractivity (Wildman–Crippen MR) is 130 cm³/mol. The number of aromatic nitrogens is 2. The first-order valence-corrected chi connectivity index (χ1v) is 12.6. The summed E-state index contributed by atoms with van der Waals surface area (Å²) in [5, 5.41) is 9.32. The normalized spacial score (nSPS) is 21.4. The van der Waals surface area contributed by atoms with Crippen molar-refractivity contribution >= 4 is 16.8 Å². The average Bonchev–Trinajstić information content (AvgIpc) is 3.16. The minimum Gasteiger partial charge on any atom is -0.361 e. The molecule has 6 heteroatoms. The van der Waals surface area contributed by atoms with Crippen molar-refractivity contribution in [1.82, 2.24) is 19.9 Å².